The van der Waals surface area contributed by atoms with E-state index in [9.17, 15) is 5.11 Å². The second kappa shape index (κ2) is 5.76. The molecule has 3 nitrogen and oxygen atoms in total. The van der Waals surface area contributed by atoms with Gasteiger partial charge in [-0.15, -0.1) is 0 Å². The highest BCUT2D eigenvalue weighted by Gasteiger charge is 2.23. The van der Waals surface area contributed by atoms with Crippen molar-refractivity contribution in [3.05, 3.63) is 36.0 Å². The van der Waals surface area contributed by atoms with Crippen LogP contribution in [-0.4, -0.2) is 22.7 Å². The standard InChI is InChI=1S/C16H22N2O/c19-11-14-3-1-2-4-15(14)18-10-12-5-6-13-7-8-17-16(13)9-12/h5-9,14-15,17-19H,1-4,10-11H2. The van der Waals surface area contributed by atoms with Crippen LogP contribution in [0.4, 0.5) is 0 Å². The van der Waals surface area contributed by atoms with Gasteiger partial charge in [-0.2, -0.15) is 0 Å². The summed E-state index contributed by atoms with van der Waals surface area (Å²) in [4.78, 5) is 3.25. The zero-order valence-electron chi connectivity index (χ0n) is 11.2. The Balaban J connectivity index is 1.64. The lowest BCUT2D eigenvalue weighted by atomic mass is 9.85. The van der Waals surface area contributed by atoms with Gasteiger partial charge >= 0.3 is 0 Å². The summed E-state index contributed by atoms with van der Waals surface area (Å²) in [6, 6.07) is 9.11. The number of benzene rings is 1. The number of aromatic nitrogens is 1. The molecule has 3 rings (SSSR count). The molecule has 0 aliphatic heterocycles. The molecule has 0 saturated heterocycles. The highest BCUT2D eigenvalue weighted by Crippen LogP contribution is 2.24. The third-order valence-corrected chi connectivity index (χ3v) is 4.33. The Kier molecular flexibility index (Phi) is 3.85. The normalized spacial score (nSPS) is 23.8. The molecular formula is C16H22N2O. The highest BCUT2D eigenvalue weighted by atomic mass is 16.3. The Hall–Kier alpha value is -1.32. The number of rotatable bonds is 4. The molecule has 0 bridgehead atoms. The van der Waals surface area contributed by atoms with Crippen LogP contribution in [0.5, 0.6) is 0 Å². The molecule has 19 heavy (non-hydrogen) atoms. The van der Waals surface area contributed by atoms with E-state index in [0.29, 0.717) is 18.6 Å². The van der Waals surface area contributed by atoms with E-state index in [1.165, 1.54) is 35.7 Å². The second-order valence-electron chi connectivity index (χ2n) is 5.61. The van der Waals surface area contributed by atoms with E-state index >= 15 is 0 Å². The van der Waals surface area contributed by atoms with E-state index in [0.717, 1.165) is 13.0 Å². The number of nitrogens with one attached hydrogen (secondary N) is 2. The van der Waals surface area contributed by atoms with Crippen LogP contribution in [0.2, 0.25) is 0 Å². The van der Waals surface area contributed by atoms with E-state index in [1.807, 2.05) is 6.20 Å². The quantitative estimate of drug-likeness (QED) is 0.789. The number of hydrogen-bond donors (Lipinski definition) is 3. The summed E-state index contributed by atoms with van der Waals surface area (Å²) < 4.78 is 0. The molecule has 1 aromatic carbocycles. The Morgan fingerprint density at radius 2 is 2.11 bits per heavy atom. The first-order valence-corrected chi connectivity index (χ1v) is 7.27. The summed E-state index contributed by atoms with van der Waals surface area (Å²) in [5.41, 5.74) is 2.50. The van der Waals surface area contributed by atoms with Crippen molar-refractivity contribution in [3.8, 4) is 0 Å². The van der Waals surface area contributed by atoms with Gasteiger partial charge in [0.1, 0.15) is 0 Å². The van der Waals surface area contributed by atoms with Crippen LogP contribution in [-0.2, 0) is 6.54 Å². The molecule has 0 amide bonds. The molecular weight excluding hydrogens is 236 g/mol. The van der Waals surface area contributed by atoms with E-state index < -0.39 is 0 Å². The van der Waals surface area contributed by atoms with Gasteiger partial charge in [-0.3, -0.25) is 0 Å². The molecule has 1 fully saturated rings. The number of aromatic amines is 1. The minimum Gasteiger partial charge on any atom is -0.396 e. The average molecular weight is 258 g/mol. The molecule has 2 aromatic rings. The van der Waals surface area contributed by atoms with Crippen LogP contribution < -0.4 is 5.32 Å². The molecule has 2 atom stereocenters. The Labute approximate surface area is 114 Å². The highest BCUT2D eigenvalue weighted by molar-refractivity contribution is 5.79. The Bertz CT molecular complexity index is 534. The first-order valence-electron chi connectivity index (χ1n) is 7.27. The molecule has 1 aliphatic rings. The fourth-order valence-electron chi connectivity index (χ4n) is 3.15. The van der Waals surface area contributed by atoms with Crippen molar-refractivity contribution >= 4 is 10.9 Å². The van der Waals surface area contributed by atoms with Gasteiger partial charge in [0.2, 0.25) is 0 Å². The van der Waals surface area contributed by atoms with Gasteiger partial charge in [0.05, 0.1) is 0 Å². The van der Waals surface area contributed by atoms with E-state index in [-0.39, 0.29) is 0 Å². The predicted molar refractivity (Wildman–Crippen MR) is 78.0 cm³/mol. The minimum atomic E-state index is 0.313. The molecule has 0 spiro atoms. The zero-order chi connectivity index (χ0) is 13.1. The molecule has 102 valence electrons. The molecule has 1 aliphatic carbocycles. The maximum absolute atomic E-state index is 9.43. The summed E-state index contributed by atoms with van der Waals surface area (Å²) in [5, 5.41) is 14.3. The van der Waals surface area contributed by atoms with E-state index in [1.54, 1.807) is 0 Å². The number of hydrogen-bond acceptors (Lipinski definition) is 2. The maximum Gasteiger partial charge on any atom is 0.0474 e. The molecule has 1 saturated carbocycles. The van der Waals surface area contributed by atoms with Gasteiger partial charge in [-0.05, 0) is 41.8 Å². The van der Waals surface area contributed by atoms with Crippen molar-refractivity contribution < 1.29 is 5.11 Å². The van der Waals surface area contributed by atoms with Crippen molar-refractivity contribution in [2.45, 2.75) is 38.3 Å². The van der Waals surface area contributed by atoms with E-state index in [2.05, 4.69) is 34.6 Å². The minimum absolute atomic E-state index is 0.313. The summed E-state index contributed by atoms with van der Waals surface area (Å²) in [6.45, 7) is 1.20. The fraction of sp³-hybridized carbons (Fsp3) is 0.500. The lowest BCUT2D eigenvalue weighted by molar-refractivity contribution is 0.152. The van der Waals surface area contributed by atoms with E-state index in [4.69, 9.17) is 0 Å². The van der Waals surface area contributed by atoms with Crippen LogP contribution in [0.15, 0.2) is 30.5 Å². The van der Waals surface area contributed by atoms with Crippen LogP contribution in [0.25, 0.3) is 10.9 Å². The number of aliphatic hydroxyl groups is 1. The molecule has 3 heteroatoms. The summed E-state index contributed by atoms with van der Waals surface area (Å²) >= 11 is 0. The zero-order valence-corrected chi connectivity index (χ0v) is 11.2. The van der Waals surface area contributed by atoms with Gasteiger partial charge in [0.15, 0.2) is 0 Å². The van der Waals surface area contributed by atoms with Crippen molar-refractivity contribution in [1.29, 1.82) is 0 Å². The van der Waals surface area contributed by atoms with Crippen LogP contribution in [0.1, 0.15) is 31.2 Å². The Morgan fingerprint density at radius 1 is 1.21 bits per heavy atom. The SMILES string of the molecule is OCC1CCCCC1NCc1ccc2cc[nH]c2c1. The number of H-pyrrole nitrogens is 1. The third kappa shape index (κ3) is 2.82. The lowest BCUT2D eigenvalue weighted by Crippen LogP contribution is -2.39. The van der Waals surface area contributed by atoms with Crippen molar-refractivity contribution in [2.24, 2.45) is 5.92 Å². The molecule has 3 N–H and O–H groups in total. The summed E-state index contributed by atoms with van der Waals surface area (Å²) in [6.07, 6.45) is 6.87. The van der Waals surface area contributed by atoms with Gasteiger partial charge in [-0.25, -0.2) is 0 Å². The molecule has 1 heterocycles. The summed E-state index contributed by atoms with van der Waals surface area (Å²) in [7, 11) is 0. The van der Waals surface area contributed by atoms with Gasteiger partial charge in [0.25, 0.3) is 0 Å². The topological polar surface area (TPSA) is 48.0 Å². The smallest absolute Gasteiger partial charge is 0.0474 e. The van der Waals surface area contributed by atoms with Crippen LogP contribution in [0.3, 0.4) is 0 Å². The lowest BCUT2D eigenvalue weighted by Gasteiger charge is -2.31. The third-order valence-electron chi connectivity index (χ3n) is 4.33. The fourth-order valence-corrected chi connectivity index (χ4v) is 3.15. The molecule has 1 aromatic heterocycles. The maximum atomic E-state index is 9.43. The average Bonchev–Trinajstić information content (AvgIpc) is 2.93. The largest absolute Gasteiger partial charge is 0.396 e. The Morgan fingerprint density at radius 3 is 3.00 bits per heavy atom. The van der Waals surface area contributed by atoms with Crippen molar-refractivity contribution in [3.63, 3.8) is 0 Å². The first-order chi connectivity index (χ1) is 9.36. The van der Waals surface area contributed by atoms with Crippen LogP contribution in [0, 0.1) is 5.92 Å². The predicted octanol–water partition coefficient (Wildman–Crippen LogP) is 2.81. The first kappa shape index (κ1) is 12.7. The monoisotopic (exact) mass is 258 g/mol. The molecule has 0 radical (unpaired) electrons. The second-order valence-corrected chi connectivity index (χ2v) is 5.61. The van der Waals surface area contributed by atoms with Gasteiger partial charge < -0.3 is 15.4 Å². The van der Waals surface area contributed by atoms with Crippen LogP contribution >= 0.6 is 0 Å². The van der Waals surface area contributed by atoms with Crippen molar-refractivity contribution in [2.75, 3.05) is 6.61 Å². The molecule has 2 unspecified atom stereocenters. The van der Waals surface area contributed by atoms with Gasteiger partial charge in [-0.1, -0.05) is 25.0 Å². The number of aliphatic hydroxyl groups excluding tert-OH is 1. The van der Waals surface area contributed by atoms with Gasteiger partial charge in [0, 0.05) is 30.9 Å². The number of fused-ring (bicyclic) bond motifs is 1. The van der Waals surface area contributed by atoms with Crippen molar-refractivity contribution in [1.82, 2.24) is 10.3 Å². The summed E-state index contributed by atoms with van der Waals surface area (Å²) in [5.74, 6) is 0.433.